The van der Waals surface area contributed by atoms with Crippen LogP contribution in [0.2, 0.25) is 0 Å². The molecular formula is C27H24N2O6S. The normalized spacial score (nSPS) is 16.7. The van der Waals surface area contributed by atoms with Gasteiger partial charge in [0.1, 0.15) is 12.4 Å². The maximum absolute atomic E-state index is 11.7. The average Bonchev–Trinajstić information content (AvgIpc) is 3.49. The minimum absolute atomic E-state index is 0.237. The number of oxime groups is 1. The molecule has 184 valence electrons. The molecule has 3 aromatic carbocycles. The van der Waals surface area contributed by atoms with Crippen LogP contribution in [0.25, 0.3) is 11.1 Å². The van der Waals surface area contributed by atoms with Crippen molar-refractivity contribution >= 4 is 28.6 Å². The molecule has 1 unspecified atom stereocenters. The van der Waals surface area contributed by atoms with Crippen LogP contribution in [0, 0.1) is 0 Å². The number of ether oxygens (including phenoxy) is 3. The predicted molar refractivity (Wildman–Crippen MR) is 137 cm³/mol. The molecule has 2 heterocycles. The summed E-state index contributed by atoms with van der Waals surface area (Å²) in [5.41, 5.74) is 4.82. The number of carbonyl (C=O) groups excluding carboxylic acids is 2. The molecule has 0 bridgehead atoms. The van der Waals surface area contributed by atoms with Crippen LogP contribution < -0.4 is 19.5 Å². The summed E-state index contributed by atoms with van der Waals surface area (Å²) in [6, 6.07) is 21.4. The number of amides is 2. The molecule has 5 rings (SSSR count). The number of nitrogens with zero attached hydrogens (tertiary/aromatic N) is 1. The van der Waals surface area contributed by atoms with E-state index in [2.05, 4.69) is 10.5 Å². The highest BCUT2D eigenvalue weighted by molar-refractivity contribution is 8.15. The lowest BCUT2D eigenvalue weighted by Gasteiger charge is -2.09. The van der Waals surface area contributed by atoms with Gasteiger partial charge in [0.15, 0.2) is 18.1 Å². The largest absolute Gasteiger partial charge is 0.490 e. The third kappa shape index (κ3) is 5.63. The summed E-state index contributed by atoms with van der Waals surface area (Å²) in [5.74, 6) is 1.99. The second-order valence-corrected chi connectivity index (χ2v) is 9.41. The van der Waals surface area contributed by atoms with Crippen LogP contribution in [0.3, 0.4) is 0 Å². The van der Waals surface area contributed by atoms with Gasteiger partial charge in [-0.25, -0.2) is 0 Å². The van der Waals surface area contributed by atoms with E-state index in [1.54, 1.807) is 0 Å². The van der Waals surface area contributed by atoms with Crippen LogP contribution in [0.1, 0.15) is 18.1 Å². The lowest BCUT2D eigenvalue weighted by molar-refractivity contribution is -0.118. The van der Waals surface area contributed by atoms with Crippen LogP contribution in [-0.2, 0) is 16.1 Å². The highest BCUT2D eigenvalue weighted by atomic mass is 32.2. The van der Waals surface area contributed by atoms with Gasteiger partial charge in [-0.05, 0) is 59.9 Å². The van der Waals surface area contributed by atoms with Gasteiger partial charge in [-0.2, -0.15) is 0 Å². The monoisotopic (exact) mass is 504 g/mol. The number of benzene rings is 3. The smallest absolute Gasteiger partial charge is 0.286 e. The molecule has 1 fully saturated rings. The van der Waals surface area contributed by atoms with Crippen molar-refractivity contribution in [1.29, 1.82) is 0 Å². The highest BCUT2D eigenvalue weighted by Gasteiger charge is 2.31. The van der Waals surface area contributed by atoms with E-state index < -0.39 is 0 Å². The number of hydrogen-bond acceptors (Lipinski definition) is 8. The standard InChI is InChI=1S/C27H24N2O6S/c1-17(19-4-6-20(7-5-19)21-8-11-23-24(15-21)34-16-33-23)29-35-13-12-32-22-9-2-18(3-10-22)14-25-26(30)28-27(31)36-25/h2-11,15,25H,12-14,16H2,1H3,(H,28,30,31). The van der Waals surface area contributed by atoms with Crippen molar-refractivity contribution in [3.63, 3.8) is 0 Å². The summed E-state index contributed by atoms with van der Waals surface area (Å²) in [6.45, 7) is 2.80. The lowest BCUT2D eigenvalue weighted by Crippen LogP contribution is -2.25. The fourth-order valence-electron chi connectivity index (χ4n) is 3.84. The minimum Gasteiger partial charge on any atom is -0.490 e. The van der Waals surface area contributed by atoms with Crippen LogP contribution in [0.5, 0.6) is 17.2 Å². The van der Waals surface area contributed by atoms with Crippen molar-refractivity contribution in [1.82, 2.24) is 5.32 Å². The van der Waals surface area contributed by atoms with Crippen molar-refractivity contribution in [2.75, 3.05) is 20.0 Å². The SMILES string of the molecule is CC(=NOCCOc1ccc(CC2SC(=O)NC2=O)cc1)c1ccc(-c2ccc3c(c2)OCO3)cc1. The molecule has 0 saturated carbocycles. The summed E-state index contributed by atoms with van der Waals surface area (Å²) >= 11 is 1.03. The van der Waals surface area contributed by atoms with Gasteiger partial charge in [0, 0.05) is 0 Å². The first kappa shape index (κ1) is 23.7. The van der Waals surface area contributed by atoms with Crippen LogP contribution in [0.4, 0.5) is 4.79 Å². The first-order valence-electron chi connectivity index (χ1n) is 11.5. The van der Waals surface area contributed by atoms with Gasteiger partial charge in [0.05, 0.1) is 11.0 Å². The second kappa shape index (κ2) is 10.7. The van der Waals surface area contributed by atoms with Gasteiger partial charge in [-0.1, -0.05) is 59.4 Å². The first-order chi connectivity index (χ1) is 17.5. The molecule has 0 aromatic heterocycles. The van der Waals surface area contributed by atoms with Crippen molar-refractivity contribution in [2.45, 2.75) is 18.6 Å². The molecule has 2 aliphatic rings. The van der Waals surface area contributed by atoms with Crippen molar-refractivity contribution in [3.8, 4) is 28.4 Å². The van der Waals surface area contributed by atoms with Gasteiger partial charge >= 0.3 is 0 Å². The Bertz CT molecular complexity index is 1290. The van der Waals surface area contributed by atoms with Crippen LogP contribution in [0.15, 0.2) is 71.9 Å². The summed E-state index contributed by atoms with van der Waals surface area (Å²) < 4.78 is 16.5. The molecule has 0 spiro atoms. The molecule has 0 radical (unpaired) electrons. The number of fused-ring (bicyclic) bond motifs is 1. The van der Waals surface area contributed by atoms with E-state index in [1.165, 1.54) is 0 Å². The number of thioether (sulfide) groups is 1. The minimum atomic E-state index is -0.376. The van der Waals surface area contributed by atoms with E-state index >= 15 is 0 Å². The van der Waals surface area contributed by atoms with Gasteiger partial charge in [-0.15, -0.1) is 0 Å². The number of rotatable bonds is 9. The fourth-order valence-corrected chi connectivity index (χ4v) is 4.70. The first-order valence-corrected chi connectivity index (χ1v) is 12.3. The van der Waals surface area contributed by atoms with E-state index in [0.717, 1.165) is 51.2 Å². The maximum atomic E-state index is 11.7. The molecule has 1 atom stereocenters. The van der Waals surface area contributed by atoms with Crippen molar-refractivity contribution in [2.24, 2.45) is 5.16 Å². The fraction of sp³-hybridized carbons (Fsp3) is 0.222. The third-order valence-corrected chi connectivity index (χ3v) is 6.75. The van der Waals surface area contributed by atoms with E-state index in [0.29, 0.717) is 25.4 Å². The lowest BCUT2D eigenvalue weighted by atomic mass is 10.0. The Morgan fingerprint density at radius 2 is 1.72 bits per heavy atom. The third-order valence-electron chi connectivity index (χ3n) is 5.76. The quantitative estimate of drug-likeness (QED) is 0.254. The zero-order valence-electron chi connectivity index (χ0n) is 19.6. The molecule has 2 aliphatic heterocycles. The molecule has 2 amide bonds. The maximum Gasteiger partial charge on any atom is 0.286 e. The topological polar surface area (TPSA) is 95.5 Å². The highest BCUT2D eigenvalue weighted by Crippen LogP contribution is 2.36. The Balaban J connectivity index is 1.07. The Kier molecular flexibility index (Phi) is 7.08. The molecule has 1 N–H and O–H groups in total. The Morgan fingerprint density at radius 1 is 0.972 bits per heavy atom. The molecule has 8 nitrogen and oxygen atoms in total. The van der Waals surface area contributed by atoms with Gasteiger partial charge in [0.2, 0.25) is 12.7 Å². The van der Waals surface area contributed by atoms with Gasteiger partial charge < -0.3 is 19.0 Å². The Labute approximate surface area is 212 Å². The van der Waals surface area contributed by atoms with E-state index in [1.807, 2.05) is 73.7 Å². The molecular weight excluding hydrogens is 480 g/mol. The molecule has 1 saturated heterocycles. The van der Waals surface area contributed by atoms with Crippen LogP contribution >= 0.6 is 11.8 Å². The number of carbonyl (C=O) groups is 2. The van der Waals surface area contributed by atoms with E-state index in [4.69, 9.17) is 19.0 Å². The number of nitrogens with one attached hydrogen (secondary N) is 1. The molecule has 36 heavy (non-hydrogen) atoms. The second-order valence-electron chi connectivity index (χ2n) is 8.24. The predicted octanol–water partition coefficient (Wildman–Crippen LogP) is 4.80. The molecule has 0 aliphatic carbocycles. The Hall–Kier alpha value is -3.98. The molecule has 9 heteroatoms. The van der Waals surface area contributed by atoms with Crippen molar-refractivity contribution < 1.29 is 28.6 Å². The summed E-state index contributed by atoms with van der Waals surface area (Å²) in [5, 5.41) is 5.83. The zero-order chi connectivity index (χ0) is 24.9. The average molecular weight is 505 g/mol. The Morgan fingerprint density at radius 3 is 2.47 bits per heavy atom. The van der Waals surface area contributed by atoms with E-state index in [-0.39, 0.29) is 23.2 Å². The number of imide groups is 1. The van der Waals surface area contributed by atoms with E-state index in [9.17, 15) is 9.59 Å². The van der Waals surface area contributed by atoms with Crippen LogP contribution in [-0.4, -0.2) is 42.1 Å². The zero-order valence-corrected chi connectivity index (χ0v) is 20.4. The van der Waals surface area contributed by atoms with Gasteiger partial charge in [-0.3, -0.25) is 14.9 Å². The van der Waals surface area contributed by atoms with Crippen molar-refractivity contribution in [3.05, 3.63) is 77.9 Å². The summed E-state index contributed by atoms with van der Waals surface area (Å²) in [4.78, 5) is 28.4. The summed E-state index contributed by atoms with van der Waals surface area (Å²) in [6.07, 6.45) is 0.497. The number of hydrogen-bond donors (Lipinski definition) is 1. The van der Waals surface area contributed by atoms with Gasteiger partial charge in [0.25, 0.3) is 5.24 Å². The molecule has 3 aromatic rings. The summed E-state index contributed by atoms with van der Waals surface area (Å²) in [7, 11) is 0.